The van der Waals surface area contributed by atoms with E-state index in [2.05, 4.69) is 26.3 Å². The number of aliphatic carboxylic acids is 1. The molecule has 2 N–H and O–H groups in total. The molecular formula is C16H20BrN3O4. The lowest BCUT2D eigenvalue weighted by atomic mass is 10.2. The predicted molar refractivity (Wildman–Crippen MR) is 94.3 cm³/mol. The van der Waals surface area contributed by atoms with Crippen LogP contribution in [0.2, 0.25) is 0 Å². The molecular weight excluding hydrogens is 378 g/mol. The fourth-order valence-corrected chi connectivity index (χ4v) is 2.64. The van der Waals surface area contributed by atoms with Crippen molar-refractivity contribution >= 4 is 44.6 Å². The molecule has 0 aliphatic rings. The second-order valence-corrected chi connectivity index (χ2v) is 7.24. The summed E-state index contributed by atoms with van der Waals surface area (Å²) in [5.41, 5.74) is 0.567. The average molecular weight is 398 g/mol. The van der Waals surface area contributed by atoms with Crippen LogP contribution in [0.3, 0.4) is 0 Å². The Kier molecular flexibility index (Phi) is 5.17. The summed E-state index contributed by atoms with van der Waals surface area (Å²) < 4.78 is 7.29. The first-order chi connectivity index (χ1) is 11.1. The maximum absolute atomic E-state index is 11.9. The number of nitrogens with one attached hydrogen (secondary N) is 1. The van der Waals surface area contributed by atoms with Gasteiger partial charge in [0.2, 0.25) is 0 Å². The predicted octanol–water partition coefficient (Wildman–Crippen LogP) is 4.18. The zero-order chi connectivity index (χ0) is 18.1. The molecule has 0 bridgehead atoms. The van der Waals surface area contributed by atoms with Crippen LogP contribution in [0.5, 0.6) is 0 Å². The van der Waals surface area contributed by atoms with E-state index < -0.39 is 23.7 Å². The van der Waals surface area contributed by atoms with Gasteiger partial charge in [0.1, 0.15) is 11.6 Å². The number of carbonyl (C=O) groups excluding carboxylic acids is 1. The number of aromatic nitrogens is 2. The number of hydrogen-bond acceptors (Lipinski definition) is 4. The first-order valence-electron chi connectivity index (χ1n) is 7.52. The molecule has 8 heteroatoms. The van der Waals surface area contributed by atoms with E-state index in [1.54, 1.807) is 46.0 Å². The minimum Gasteiger partial charge on any atom is -0.480 e. The van der Waals surface area contributed by atoms with Crippen molar-refractivity contribution in [3.05, 3.63) is 22.8 Å². The molecule has 130 valence electrons. The molecule has 2 aromatic rings. The number of nitrogens with zero attached hydrogens (tertiary/aromatic N) is 2. The van der Waals surface area contributed by atoms with Crippen molar-refractivity contribution in [1.82, 2.24) is 9.78 Å². The highest BCUT2D eigenvalue weighted by molar-refractivity contribution is 9.10. The average Bonchev–Trinajstić information content (AvgIpc) is 2.79. The molecule has 0 aliphatic heterocycles. The summed E-state index contributed by atoms with van der Waals surface area (Å²) >= 11 is 3.38. The van der Waals surface area contributed by atoms with E-state index in [-0.39, 0.29) is 0 Å². The van der Waals surface area contributed by atoms with Gasteiger partial charge in [-0.05, 0) is 55.3 Å². The summed E-state index contributed by atoms with van der Waals surface area (Å²) in [4.78, 5) is 23.2. The van der Waals surface area contributed by atoms with E-state index in [9.17, 15) is 14.7 Å². The van der Waals surface area contributed by atoms with Crippen LogP contribution in [-0.2, 0) is 9.53 Å². The number of hydrogen-bond donors (Lipinski definition) is 2. The third-order valence-electron chi connectivity index (χ3n) is 3.24. The molecule has 0 fully saturated rings. The number of benzene rings is 1. The van der Waals surface area contributed by atoms with Crippen molar-refractivity contribution < 1.29 is 19.4 Å². The summed E-state index contributed by atoms with van der Waals surface area (Å²) in [5.74, 6) is -0.934. The van der Waals surface area contributed by atoms with Crippen molar-refractivity contribution in [2.24, 2.45) is 0 Å². The number of carbonyl (C=O) groups is 2. The monoisotopic (exact) mass is 397 g/mol. The summed E-state index contributed by atoms with van der Waals surface area (Å²) in [6, 6.07) is 2.73. The number of fused-ring (bicyclic) bond motifs is 1. The van der Waals surface area contributed by atoms with Crippen LogP contribution >= 0.6 is 15.9 Å². The van der Waals surface area contributed by atoms with E-state index in [0.29, 0.717) is 22.1 Å². The van der Waals surface area contributed by atoms with Crippen LogP contribution in [0.1, 0.15) is 40.2 Å². The van der Waals surface area contributed by atoms with Crippen LogP contribution in [0.15, 0.2) is 22.8 Å². The second kappa shape index (κ2) is 6.80. The topological polar surface area (TPSA) is 93.5 Å². The largest absolute Gasteiger partial charge is 0.480 e. The second-order valence-electron chi connectivity index (χ2n) is 6.39. The van der Waals surface area contributed by atoms with E-state index in [0.717, 1.165) is 5.39 Å². The quantitative estimate of drug-likeness (QED) is 0.806. The first kappa shape index (κ1) is 18.3. The van der Waals surface area contributed by atoms with Crippen molar-refractivity contribution in [3.8, 4) is 0 Å². The van der Waals surface area contributed by atoms with Gasteiger partial charge in [-0.3, -0.25) is 10.00 Å². The van der Waals surface area contributed by atoms with Gasteiger partial charge in [0, 0.05) is 16.1 Å². The number of rotatable bonds is 4. The summed E-state index contributed by atoms with van der Waals surface area (Å²) in [6.45, 7) is 7.14. The molecule has 0 aliphatic carbocycles. The minimum atomic E-state index is -0.934. The zero-order valence-corrected chi connectivity index (χ0v) is 15.5. The number of amides is 1. The highest BCUT2D eigenvalue weighted by Crippen LogP contribution is 2.29. The molecule has 1 unspecified atom stereocenters. The van der Waals surface area contributed by atoms with Crippen molar-refractivity contribution in [2.45, 2.75) is 45.8 Å². The maximum atomic E-state index is 11.9. The van der Waals surface area contributed by atoms with Gasteiger partial charge < -0.3 is 9.84 Å². The summed E-state index contributed by atoms with van der Waals surface area (Å²) in [6.07, 6.45) is 1.52. The molecule has 1 atom stereocenters. The molecule has 0 radical (unpaired) electrons. The number of halogens is 1. The van der Waals surface area contributed by atoms with Crippen molar-refractivity contribution in [1.29, 1.82) is 0 Å². The molecule has 1 heterocycles. The van der Waals surface area contributed by atoms with Crippen LogP contribution in [-0.4, -0.2) is 32.6 Å². The molecule has 7 nitrogen and oxygen atoms in total. The highest BCUT2D eigenvalue weighted by Gasteiger charge is 2.20. The molecule has 0 spiro atoms. The van der Waals surface area contributed by atoms with Gasteiger partial charge in [0.05, 0.1) is 11.2 Å². The zero-order valence-electron chi connectivity index (χ0n) is 14.0. The molecule has 0 saturated carbocycles. The van der Waals surface area contributed by atoms with Crippen molar-refractivity contribution in [2.75, 3.05) is 5.32 Å². The first-order valence-corrected chi connectivity index (χ1v) is 8.31. The van der Waals surface area contributed by atoms with Crippen LogP contribution in [0.25, 0.3) is 10.9 Å². The summed E-state index contributed by atoms with van der Waals surface area (Å²) in [7, 11) is 0. The van der Waals surface area contributed by atoms with Gasteiger partial charge >= 0.3 is 12.1 Å². The Morgan fingerprint density at radius 2 is 2.08 bits per heavy atom. The molecule has 0 saturated heterocycles. The Labute approximate surface area is 148 Å². The van der Waals surface area contributed by atoms with Gasteiger partial charge in [-0.2, -0.15) is 5.10 Å². The van der Waals surface area contributed by atoms with Crippen LogP contribution in [0, 0.1) is 0 Å². The lowest BCUT2D eigenvalue weighted by Gasteiger charge is -2.20. The molecule has 24 heavy (non-hydrogen) atoms. The SMILES string of the molecule is CCC(C(=O)O)n1cc2cc(NC(=O)OC(C)(C)C)c(Br)cc2n1. The van der Waals surface area contributed by atoms with E-state index >= 15 is 0 Å². The number of carboxylic acids is 1. The third kappa shape index (κ3) is 4.25. The maximum Gasteiger partial charge on any atom is 0.412 e. The molecule has 2 rings (SSSR count). The highest BCUT2D eigenvalue weighted by atomic mass is 79.9. The van der Waals surface area contributed by atoms with Gasteiger partial charge in [-0.1, -0.05) is 6.92 Å². The van der Waals surface area contributed by atoms with Gasteiger partial charge in [0.15, 0.2) is 0 Å². The lowest BCUT2D eigenvalue weighted by Crippen LogP contribution is -2.27. The van der Waals surface area contributed by atoms with Gasteiger partial charge in [-0.25, -0.2) is 9.59 Å². The Bertz CT molecular complexity index is 779. The lowest BCUT2D eigenvalue weighted by molar-refractivity contribution is -0.141. The van der Waals surface area contributed by atoms with Crippen molar-refractivity contribution in [3.63, 3.8) is 0 Å². The van der Waals surface area contributed by atoms with Gasteiger partial charge in [-0.15, -0.1) is 0 Å². The Hall–Kier alpha value is -2.09. The fraction of sp³-hybridized carbons (Fsp3) is 0.438. The number of carboxylic acid groups (broad SMARTS) is 1. The smallest absolute Gasteiger partial charge is 0.412 e. The Balaban J connectivity index is 2.32. The minimum absolute atomic E-state index is 0.424. The van der Waals surface area contributed by atoms with E-state index in [1.807, 2.05) is 0 Å². The van der Waals surface area contributed by atoms with Crippen LogP contribution < -0.4 is 5.32 Å². The molecule has 1 amide bonds. The molecule has 1 aromatic heterocycles. The standard InChI is InChI=1S/C16H20BrN3O4/c1-5-13(14(21)22)20-8-9-6-12(10(17)7-11(9)19-20)18-15(23)24-16(2,3)4/h6-8,13H,5H2,1-4H3,(H,18,23)(H,21,22). The van der Waals surface area contributed by atoms with Crippen LogP contribution in [0.4, 0.5) is 10.5 Å². The Morgan fingerprint density at radius 3 is 2.62 bits per heavy atom. The van der Waals surface area contributed by atoms with E-state index in [4.69, 9.17) is 4.74 Å². The summed E-state index contributed by atoms with van der Waals surface area (Å²) in [5, 5.41) is 17.0. The normalized spacial score (nSPS) is 12.9. The fourth-order valence-electron chi connectivity index (χ4n) is 2.21. The Morgan fingerprint density at radius 1 is 1.42 bits per heavy atom. The number of anilines is 1. The van der Waals surface area contributed by atoms with Gasteiger partial charge in [0.25, 0.3) is 0 Å². The molecule has 1 aromatic carbocycles. The number of ether oxygens (including phenoxy) is 1. The third-order valence-corrected chi connectivity index (χ3v) is 3.89. The van der Waals surface area contributed by atoms with E-state index in [1.165, 1.54) is 4.68 Å².